The van der Waals surface area contributed by atoms with Gasteiger partial charge in [0.05, 0.1) is 11.9 Å². The fourth-order valence-corrected chi connectivity index (χ4v) is 2.36. The van der Waals surface area contributed by atoms with Gasteiger partial charge >= 0.3 is 0 Å². The monoisotopic (exact) mass is 306 g/mol. The van der Waals surface area contributed by atoms with E-state index >= 15 is 0 Å². The summed E-state index contributed by atoms with van der Waals surface area (Å²) in [5, 5.41) is 8.06. The molecule has 5 nitrogen and oxygen atoms in total. The van der Waals surface area contributed by atoms with Gasteiger partial charge in [0.1, 0.15) is 0 Å². The van der Waals surface area contributed by atoms with Crippen LogP contribution in [0.1, 0.15) is 41.4 Å². The van der Waals surface area contributed by atoms with Crippen LogP contribution in [-0.4, -0.2) is 20.8 Å². The Morgan fingerprint density at radius 1 is 1.13 bits per heavy atom. The first kappa shape index (κ1) is 15.0. The first-order valence-electron chi connectivity index (χ1n) is 7.48. The zero-order valence-electron chi connectivity index (χ0n) is 13.1. The van der Waals surface area contributed by atoms with Crippen molar-refractivity contribution in [1.82, 2.24) is 15.0 Å². The minimum atomic E-state index is -0.227. The molecule has 0 fully saturated rings. The van der Waals surface area contributed by atoms with Crippen molar-refractivity contribution in [2.24, 2.45) is 0 Å². The first-order valence-corrected chi connectivity index (χ1v) is 7.48. The molecule has 1 aromatic heterocycles. The average molecular weight is 306 g/mol. The molecule has 0 atom stereocenters. The SMILES string of the molecule is CC(C)c1cccc(-n2cc(C(=O)c3ccccc3N)nn2)c1. The number of para-hydroxylation sites is 1. The number of nitrogens with zero attached hydrogens (tertiary/aromatic N) is 3. The Hall–Kier alpha value is -2.95. The lowest BCUT2D eigenvalue weighted by molar-refractivity contribution is 0.103. The summed E-state index contributed by atoms with van der Waals surface area (Å²) in [6, 6.07) is 15.0. The van der Waals surface area contributed by atoms with Crippen LogP contribution in [0.25, 0.3) is 5.69 Å². The molecule has 0 bridgehead atoms. The number of benzene rings is 2. The highest BCUT2D eigenvalue weighted by Gasteiger charge is 2.16. The molecule has 1 heterocycles. The van der Waals surface area contributed by atoms with Crippen molar-refractivity contribution in [3.05, 3.63) is 71.5 Å². The predicted octanol–water partition coefficient (Wildman–Crippen LogP) is 3.20. The maximum atomic E-state index is 12.5. The molecule has 3 rings (SSSR count). The van der Waals surface area contributed by atoms with Crippen LogP contribution >= 0.6 is 0 Å². The molecule has 2 N–H and O–H groups in total. The van der Waals surface area contributed by atoms with Gasteiger partial charge in [0.2, 0.25) is 5.78 Å². The van der Waals surface area contributed by atoms with Crippen LogP contribution in [-0.2, 0) is 0 Å². The van der Waals surface area contributed by atoms with Gasteiger partial charge in [-0.3, -0.25) is 4.79 Å². The Kier molecular flexibility index (Phi) is 3.93. The molecule has 0 saturated heterocycles. The number of carbonyl (C=O) groups is 1. The lowest BCUT2D eigenvalue weighted by atomic mass is 10.0. The Morgan fingerprint density at radius 3 is 2.65 bits per heavy atom. The van der Waals surface area contributed by atoms with Gasteiger partial charge in [-0.15, -0.1) is 5.10 Å². The van der Waals surface area contributed by atoms with Gasteiger partial charge in [-0.2, -0.15) is 0 Å². The molecule has 116 valence electrons. The number of carbonyl (C=O) groups excluding carboxylic acids is 1. The highest BCUT2D eigenvalue weighted by atomic mass is 16.1. The minimum Gasteiger partial charge on any atom is -0.398 e. The molecule has 5 heteroatoms. The predicted molar refractivity (Wildman–Crippen MR) is 89.7 cm³/mol. The summed E-state index contributed by atoms with van der Waals surface area (Å²) in [6.45, 7) is 4.27. The summed E-state index contributed by atoms with van der Waals surface area (Å²) < 4.78 is 1.61. The zero-order valence-corrected chi connectivity index (χ0v) is 13.1. The highest BCUT2D eigenvalue weighted by Crippen LogP contribution is 2.19. The van der Waals surface area contributed by atoms with E-state index in [1.165, 1.54) is 5.56 Å². The van der Waals surface area contributed by atoms with Crippen molar-refractivity contribution in [2.45, 2.75) is 19.8 Å². The van der Waals surface area contributed by atoms with Gasteiger partial charge in [-0.25, -0.2) is 4.68 Å². The number of nitrogens with two attached hydrogens (primary N) is 1. The van der Waals surface area contributed by atoms with Crippen molar-refractivity contribution >= 4 is 11.5 Å². The van der Waals surface area contributed by atoms with Gasteiger partial charge in [-0.1, -0.05) is 43.3 Å². The molecule has 0 unspecified atom stereocenters. The van der Waals surface area contributed by atoms with E-state index in [2.05, 4.69) is 30.2 Å². The molecule has 0 spiro atoms. The lowest BCUT2D eigenvalue weighted by Gasteiger charge is -2.07. The number of aromatic nitrogens is 3. The summed E-state index contributed by atoms with van der Waals surface area (Å²) in [5.74, 6) is 0.193. The second-order valence-corrected chi connectivity index (χ2v) is 5.71. The summed E-state index contributed by atoms with van der Waals surface area (Å²) >= 11 is 0. The minimum absolute atomic E-state index is 0.227. The Labute approximate surface area is 134 Å². The average Bonchev–Trinajstić information content (AvgIpc) is 3.05. The van der Waals surface area contributed by atoms with Crippen LogP contribution in [0.3, 0.4) is 0 Å². The maximum Gasteiger partial charge on any atom is 0.216 e. The molecule has 0 radical (unpaired) electrons. The quantitative estimate of drug-likeness (QED) is 0.593. The largest absolute Gasteiger partial charge is 0.398 e. The van der Waals surface area contributed by atoms with E-state index in [-0.39, 0.29) is 11.5 Å². The molecular formula is C18H18N4O. The number of hydrogen-bond donors (Lipinski definition) is 1. The molecule has 0 aliphatic rings. The fourth-order valence-electron chi connectivity index (χ4n) is 2.36. The molecule has 0 saturated carbocycles. The molecule has 23 heavy (non-hydrogen) atoms. The van der Waals surface area contributed by atoms with Crippen molar-refractivity contribution in [3.8, 4) is 5.69 Å². The van der Waals surface area contributed by atoms with Crippen LogP contribution in [0.2, 0.25) is 0 Å². The second kappa shape index (κ2) is 6.04. The third-order valence-corrected chi connectivity index (χ3v) is 3.73. The number of ketones is 1. The van der Waals surface area contributed by atoms with Crippen molar-refractivity contribution < 1.29 is 4.79 Å². The van der Waals surface area contributed by atoms with Gasteiger partial charge in [-0.05, 0) is 35.7 Å². The van der Waals surface area contributed by atoms with E-state index in [0.29, 0.717) is 17.2 Å². The summed E-state index contributed by atoms with van der Waals surface area (Å²) in [7, 11) is 0. The van der Waals surface area contributed by atoms with E-state index in [9.17, 15) is 4.79 Å². The highest BCUT2D eigenvalue weighted by molar-refractivity contribution is 6.10. The number of hydrogen-bond acceptors (Lipinski definition) is 4. The standard InChI is InChI=1S/C18H18N4O/c1-12(2)13-6-5-7-14(10-13)22-11-17(20-21-22)18(23)15-8-3-4-9-16(15)19/h3-12H,19H2,1-2H3. The maximum absolute atomic E-state index is 12.5. The summed E-state index contributed by atoms with van der Waals surface area (Å²) in [5.41, 5.74) is 9.09. The van der Waals surface area contributed by atoms with Crippen LogP contribution < -0.4 is 5.73 Å². The molecule has 0 aliphatic carbocycles. The van der Waals surface area contributed by atoms with E-state index in [4.69, 9.17) is 5.73 Å². The van der Waals surface area contributed by atoms with Crippen molar-refractivity contribution in [1.29, 1.82) is 0 Å². The molecule has 0 amide bonds. The van der Waals surface area contributed by atoms with Gasteiger partial charge in [0.15, 0.2) is 5.69 Å². The molecular weight excluding hydrogens is 288 g/mol. The van der Waals surface area contributed by atoms with E-state index in [0.717, 1.165) is 5.69 Å². The first-order chi connectivity index (χ1) is 11.1. The smallest absolute Gasteiger partial charge is 0.216 e. The Balaban J connectivity index is 1.93. The van der Waals surface area contributed by atoms with Crippen molar-refractivity contribution in [2.75, 3.05) is 5.73 Å². The molecule has 0 aliphatic heterocycles. The Bertz CT molecular complexity index is 851. The van der Waals surface area contributed by atoms with Gasteiger partial charge < -0.3 is 5.73 Å². The lowest BCUT2D eigenvalue weighted by Crippen LogP contribution is -2.05. The van der Waals surface area contributed by atoms with E-state index in [1.54, 1.807) is 35.1 Å². The summed E-state index contributed by atoms with van der Waals surface area (Å²) in [4.78, 5) is 12.5. The number of nitrogen functional groups attached to an aromatic ring is 1. The second-order valence-electron chi connectivity index (χ2n) is 5.71. The van der Waals surface area contributed by atoms with Crippen molar-refractivity contribution in [3.63, 3.8) is 0 Å². The topological polar surface area (TPSA) is 73.8 Å². The Morgan fingerprint density at radius 2 is 1.91 bits per heavy atom. The third-order valence-electron chi connectivity index (χ3n) is 3.73. The van der Waals surface area contributed by atoms with Crippen LogP contribution in [0.4, 0.5) is 5.69 Å². The van der Waals surface area contributed by atoms with Crippen LogP contribution in [0.5, 0.6) is 0 Å². The zero-order chi connectivity index (χ0) is 16.4. The van der Waals surface area contributed by atoms with E-state index < -0.39 is 0 Å². The molecule has 2 aromatic carbocycles. The van der Waals surface area contributed by atoms with Crippen LogP contribution in [0, 0.1) is 0 Å². The van der Waals surface area contributed by atoms with E-state index in [1.807, 2.05) is 18.2 Å². The third kappa shape index (κ3) is 2.99. The van der Waals surface area contributed by atoms with Gasteiger partial charge in [0.25, 0.3) is 0 Å². The summed E-state index contributed by atoms with van der Waals surface area (Å²) in [6.07, 6.45) is 1.63. The number of anilines is 1. The number of rotatable bonds is 4. The molecule has 3 aromatic rings. The fraction of sp³-hybridized carbons (Fsp3) is 0.167. The normalized spacial score (nSPS) is 10.9. The van der Waals surface area contributed by atoms with Gasteiger partial charge in [0, 0.05) is 11.3 Å². The van der Waals surface area contributed by atoms with Crippen LogP contribution in [0.15, 0.2) is 54.7 Å².